The molecule has 116 valence electrons. The van der Waals surface area contributed by atoms with Crippen molar-refractivity contribution in [1.82, 2.24) is 4.90 Å². The van der Waals surface area contributed by atoms with Gasteiger partial charge >= 0.3 is 0 Å². The predicted octanol–water partition coefficient (Wildman–Crippen LogP) is 1.64. The van der Waals surface area contributed by atoms with Gasteiger partial charge in [0.2, 0.25) is 12.7 Å². The highest BCUT2D eigenvalue weighted by molar-refractivity contribution is 5.80. The van der Waals surface area contributed by atoms with Crippen LogP contribution < -0.4 is 9.47 Å². The van der Waals surface area contributed by atoms with E-state index < -0.39 is 11.6 Å². The fourth-order valence-electron chi connectivity index (χ4n) is 3.75. The Morgan fingerprint density at radius 1 is 1.32 bits per heavy atom. The van der Waals surface area contributed by atoms with E-state index in [-0.39, 0.29) is 12.7 Å². The van der Waals surface area contributed by atoms with Crippen molar-refractivity contribution in [3.63, 3.8) is 0 Å². The van der Waals surface area contributed by atoms with Crippen molar-refractivity contribution in [3.8, 4) is 11.5 Å². The van der Waals surface area contributed by atoms with E-state index >= 15 is 0 Å². The van der Waals surface area contributed by atoms with Crippen LogP contribution in [0, 0.1) is 0 Å². The Kier molecular flexibility index (Phi) is 3.11. The summed E-state index contributed by atoms with van der Waals surface area (Å²) in [4.78, 5) is 14.1. The van der Waals surface area contributed by atoms with Crippen LogP contribution in [-0.2, 0) is 11.2 Å². The summed E-state index contributed by atoms with van der Waals surface area (Å²) in [6.45, 7) is 0.890. The normalized spacial score (nSPS) is 29.0. The number of amides is 1. The van der Waals surface area contributed by atoms with Crippen LogP contribution in [0.5, 0.6) is 11.5 Å². The predicted molar refractivity (Wildman–Crippen MR) is 79.7 cm³/mol. The van der Waals surface area contributed by atoms with Crippen LogP contribution in [0.2, 0.25) is 0 Å². The molecule has 1 unspecified atom stereocenters. The van der Waals surface area contributed by atoms with E-state index in [1.165, 1.54) is 0 Å². The maximum atomic E-state index is 12.2. The second-order valence-corrected chi connectivity index (χ2v) is 6.16. The van der Waals surface area contributed by atoms with Crippen molar-refractivity contribution < 1.29 is 19.4 Å². The second-order valence-electron chi connectivity index (χ2n) is 6.16. The minimum Gasteiger partial charge on any atom is -0.454 e. The number of hydrogen-bond donors (Lipinski definition) is 1. The molecule has 0 bridgehead atoms. The van der Waals surface area contributed by atoms with Gasteiger partial charge in [0.1, 0.15) is 0 Å². The number of hydrogen-bond acceptors (Lipinski definition) is 4. The van der Waals surface area contributed by atoms with Gasteiger partial charge in [-0.1, -0.05) is 18.2 Å². The number of benzene rings is 1. The molecule has 1 saturated heterocycles. The lowest BCUT2D eigenvalue weighted by molar-refractivity contribution is -0.133. The number of likely N-dealkylation sites (tertiary alicyclic amines) is 1. The van der Waals surface area contributed by atoms with Crippen LogP contribution in [0.4, 0.5) is 0 Å². The fraction of sp³-hybridized carbons (Fsp3) is 0.471. The molecular formula is C17H19NO4. The summed E-state index contributed by atoms with van der Waals surface area (Å²) >= 11 is 0. The van der Waals surface area contributed by atoms with E-state index in [4.69, 9.17) is 9.47 Å². The largest absolute Gasteiger partial charge is 0.454 e. The van der Waals surface area contributed by atoms with Gasteiger partial charge in [0.15, 0.2) is 11.5 Å². The molecule has 3 aliphatic rings. The quantitative estimate of drug-likeness (QED) is 0.862. The first-order valence-corrected chi connectivity index (χ1v) is 7.73. The van der Waals surface area contributed by atoms with Crippen LogP contribution in [0.1, 0.15) is 24.8 Å². The van der Waals surface area contributed by atoms with Crippen LogP contribution in [-0.4, -0.2) is 40.9 Å². The second kappa shape index (κ2) is 5.02. The van der Waals surface area contributed by atoms with E-state index in [9.17, 15) is 9.90 Å². The SMILES string of the molecule is O=C1CC[C@@]2(CC=CC2O)N1CCc1ccc2c(c1)OCO2. The van der Waals surface area contributed by atoms with Gasteiger partial charge in [-0.15, -0.1) is 0 Å². The first-order valence-electron chi connectivity index (χ1n) is 7.73. The zero-order valence-corrected chi connectivity index (χ0v) is 12.3. The van der Waals surface area contributed by atoms with Crippen molar-refractivity contribution in [1.29, 1.82) is 0 Å². The molecule has 5 nitrogen and oxygen atoms in total. The first-order chi connectivity index (χ1) is 10.7. The van der Waals surface area contributed by atoms with E-state index in [1.807, 2.05) is 35.3 Å². The molecule has 5 heteroatoms. The summed E-state index contributed by atoms with van der Waals surface area (Å²) in [5.41, 5.74) is 0.701. The average molecular weight is 301 g/mol. The van der Waals surface area contributed by atoms with Crippen LogP contribution in [0.3, 0.4) is 0 Å². The Morgan fingerprint density at radius 2 is 2.18 bits per heavy atom. The summed E-state index contributed by atoms with van der Waals surface area (Å²) < 4.78 is 10.7. The van der Waals surface area contributed by atoms with Gasteiger partial charge in [-0.2, -0.15) is 0 Å². The zero-order valence-electron chi connectivity index (χ0n) is 12.3. The van der Waals surface area contributed by atoms with Crippen molar-refractivity contribution in [2.24, 2.45) is 0 Å². The molecule has 0 radical (unpaired) electrons. The standard InChI is InChI=1S/C17H19NO4/c19-15-2-1-7-17(15)8-5-16(20)18(17)9-6-12-3-4-13-14(10-12)22-11-21-13/h1-4,10,15,19H,5-9,11H2/t15?,17-/m1/s1. The van der Waals surface area contributed by atoms with Crippen LogP contribution in [0.15, 0.2) is 30.4 Å². The molecule has 1 aromatic carbocycles. The molecule has 2 aliphatic heterocycles. The highest BCUT2D eigenvalue weighted by Crippen LogP contribution is 2.41. The zero-order chi connectivity index (χ0) is 15.2. The molecular weight excluding hydrogens is 282 g/mol. The number of rotatable bonds is 3. The summed E-state index contributed by atoms with van der Waals surface area (Å²) in [5, 5.41) is 10.3. The van der Waals surface area contributed by atoms with E-state index in [1.54, 1.807) is 0 Å². The molecule has 1 N–H and O–H groups in total. The van der Waals surface area contributed by atoms with Gasteiger partial charge in [-0.25, -0.2) is 0 Å². The first kappa shape index (κ1) is 13.6. The van der Waals surface area contributed by atoms with Crippen molar-refractivity contribution >= 4 is 5.91 Å². The fourth-order valence-corrected chi connectivity index (χ4v) is 3.75. The van der Waals surface area contributed by atoms with Crippen molar-refractivity contribution in [3.05, 3.63) is 35.9 Å². The third-order valence-electron chi connectivity index (χ3n) is 5.01. The Bertz CT molecular complexity index is 642. The molecule has 22 heavy (non-hydrogen) atoms. The number of aliphatic hydroxyl groups is 1. The lowest BCUT2D eigenvalue weighted by Gasteiger charge is -2.38. The molecule has 0 aromatic heterocycles. The minimum absolute atomic E-state index is 0.142. The molecule has 4 rings (SSSR count). The van der Waals surface area contributed by atoms with Gasteiger partial charge < -0.3 is 19.5 Å². The van der Waals surface area contributed by atoms with E-state index in [0.717, 1.165) is 36.3 Å². The molecule has 1 fully saturated rings. The highest BCUT2D eigenvalue weighted by atomic mass is 16.7. The number of ether oxygens (including phenoxy) is 2. The summed E-state index contributed by atoms with van der Waals surface area (Å²) in [7, 11) is 0. The van der Waals surface area contributed by atoms with Gasteiger partial charge in [0.25, 0.3) is 0 Å². The molecule has 2 atom stereocenters. The highest BCUT2D eigenvalue weighted by Gasteiger charge is 2.50. The molecule has 1 amide bonds. The summed E-state index contributed by atoms with van der Waals surface area (Å²) in [6.07, 6.45) is 6.01. The molecule has 0 saturated carbocycles. The Labute approximate surface area is 129 Å². The van der Waals surface area contributed by atoms with Crippen molar-refractivity contribution in [2.75, 3.05) is 13.3 Å². The van der Waals surface area contributed by atoms with E-state index in [2.05, 4.69) is 0 Å². The third-order valence-corrected chi connectivity index (χ3v) is 5.01. The molecule has 2 heterocycles. The van der Waals surface area contributed by atoms with Gasteiger partial charge in [-0.05, 0) is 37.0 Å². The number of carbonyl (C=O) groups excluding carboxylic acids is 1. The molecule has 1 aromatic rings. The van der Waals surface area contributed by atoms with E-state index in [0.29, 0.717) is 13.0 Å². The number of aliphatic hydroxyl groups excluding tert-OH is 1. The average Bonchev–Trinajstić information content (AvgIpc) is 3.19. The Balaban J connectivity index is 1.49. The van der Waals surface area contributed by atoms with Gasteiger partial charge in [0, 0.05) is 13.0 Å². The molecule has 1 spiro atoms. The number of nitrogens with zero attached hydrogens (tertiary/aromatic N) is 1. The lowest BCUT2D eigenvalue weighted by Crippen LogP contribution is -2.52. The van der Waals surface area contributed by atoms with Crippen LogP contribution >= 0.6 is 0 Å². The maximum Gasteiger partial charge on any atom is 0.231 e. The monoisotopic (exact) mass is 301 g/mol. The summed E-state index contributed by atoms with van der Waals surface area (Å²) in [6, 6.07) is 5.88. The number of carbonyl (C=O) groups is 1. The van der Waals surface area contributed by atoms with Crippen LogP contribution in [0.25, 0.3) is 0 Å². The summed E-state index contributed by atoms with van der Waals surface area (Å²) in [5.74, 6) is 1.68. The lowest BCUT2D eigenvalue weighted by atomic mass is 9.90. The Hall–Kier alpha value is -2.01. The molecule has 1 aliphatic carbocycles. The maximum absolute atomic E-state index is 12.2. The van der Waals surface area contributed by atoms with Gasteiger partial charge in [-0.3, -0.25) is 4.79 Å². The minimum atomic E-state index is -0.546. The topological polar surface area (TPSA) is 59.0 Å². The smallest absolute Gasteiger partial charge is 0.231 e. The van der Waals surface area contributed by atoms with Gasteiger partial charge in [0.05, 0.1) is 11.6 Å². The Morgan fingerprint density at radius 3 is 3.00 bits per heavy atom. The number of fused-ring (bicyclic) bond motifs is 1. The third kappa shape index (κ3) is 2.00. The van der Waals surface area contributed by atoms with Crippen molar-refractivity contribution in [2.45, 2.75) is 37.3 Å².